The van der Waals surface area contributed by atoms with E-state index < -0.39 is 8.24 Å². The van der Waals surface area contributed by atoms with Crippen LogP contribution in [0.1, 0.15) is 30.4 Å². The average Bonchev–Trinajstić information content (AvgIpc) is 3.14. The lowest BCUT2D eigenvalue weighted by Gasteiger charge is -2.49. The first-order valence-corrected chi connectivity index (χ1v) is 14.6. The molecule has 1 fully saturated rings. The van der Waals surface area contributed by atoms with E-state index in [0.29, 0.717) is 23.3 Å². The molecule has 1 aliphatic heterocycles. The standard InChI is InChI=1S/C28H30N2Si/c1-19-18-23-21-11-5-4-10-20(21)16-17-22(23)28(19)31(2,3)30-26-14-8-6-12-24(26)29-25-13-7-9-15-27(25)30/h4-17,19,22-23,28-29H,18H2,1-3H3/t19-,22+,23-,28?/m1/s1. The normalized spacial score (nSPS) is 25.8. The van der Waals surface area contributed by atoms with Crippen molar-refractivity contribution in [1.82, 2.24) is 0 Å². The third-order valence-electron chi connectivity index (χ3n) is 7.96. The number of nitrogens with zero attached hydrogens (tertiary/aromatic N) is 1. The predicted molar refractivity (Wildman–Crippen MR) is 135 cm³/mol. The van der Waals surface area contributed by atoms with Gasteiger partial charge in [0.05, 0.1) is 22.7 Å². The second-order valence-corrected chi connectivity index (χ2v) is 14.5. The van der Waals surface area contributed by atoms with Gasteiger partial charge in [-0.1, -0.05) is 80.7 Å². The highest BCUT2D eigenvalue weighted by molar-refractivity contribution is 6.84. The van der Waals surface area contributed by atoms with Crippen molar-refractivity contribution in [2.24, 2.45) is 11.8 Å². The van der Waals surface area contributed by atoms with Crippen LogP contribution in [0.2, 0.25) is 18.6 Å². The fourth-order valence-corrected chi connectivity index (χ4v) is 11.6. The lowest BCUT2D eigenvalue weighted by atomic mass is 9.81. The molecule has 3 aromatic carbocycles. The van der Waals surface area contributed by atoms with E-state index in [4.69, 9.17) is 0 Å². The van der Waals surface area contributed by atoms with Gasteiger partial charge in [0.1, 0.15) is 0 Å². The van der Waals surface area contributed by atoms with Crippen LogP contribution in [0.25, 0.3) is 6.08 Å². The summed E-state index contributed by atoms with van der Waals surface area (Å²) in [6.45, 7) is 7.71. The molecule has 0 spiro atoms. The van der Waals surface area contributed by atoms with Gasteiger partial charge in [-0.3, -0.25) is 0 Å². The quantitative estimate of drug-likeness (QED) is 0.422. The Labute approximate surface area is 186 Å². The molecule has 0 aromatic heterocycles. The molecule has 0 amide bonds. The Morgan fingerprint density at radius 1 is 0.839 bits per heavy atom. The molecule has 3 heteroatoms. The molecular weight excluding hydrogens is 392 g/mol. The molecule has 3 aliphatic rings. The Balaban J connectivity index is 1.48. The number of fused-ring (bicyclic) bond motifs is 5. The zero-order chi connectivity index (χ0) is 21.2. The van der Waals surface area contributed by atoms with Crippen LogP contribution in [0.15, 0.2) is 78.9 Å². The van der Waals surface area contributed by atoms with Crippen molar-refractivity contribution in [2.45, 2.75) is 37.9 Å². The first-order valence-electron chi connectivity index (χ1n) is 11.6. The van der Waals surface area contributed by atoms with Gasteiger partial charge < -0.3 is 9.88 Å². The summed E-state index contributed by atoms with van der Waals surface area (Å²) in [4.78, 5) is 0. The Bertz CT molecular complexity index is 1140. The first kappa shape index (κ1) is 18.9. The molecule has 0 bridgehead atoms. The van der Waals surface area contributed by atoms with Crippen LogP contribution in [-0.4, -0.2) is 8.24 Å². The molecule has 1 N–H and O–H groups in total. The van der Waals surface area contributed by atoms with Gasteiger partial charge in [0.15, 0.2) is 8.24 Å². The maximum Gasteiger partial charge on any atom is 0.160 e. The maximum absolute atomic E-state index is 3.68. The fraction of sp³-hybridized carbons (Fsp3) is 0.286. The first-order chi connectivity index (χ1) is 15.1. The van der Waals surface area contributed by atoms with E-state index in [1.807, 2.05) is 0 Å². The molecule has 0 saturated heterocycles. The van der Waals surface area contributed by atoms with Crippen LogP contribution < -0.4 is 9.88 Å². The van der Waals surface area contributed by atoms with Crippen molar-refractivity contribution in [2.75, 3.05) is 9.88 Å². The Morgan fingerprint density at radius 2 is 1.45 bits per heavy atom. The van der Waals surface area contributed by atoms with Crippen molar-refractivity contribution in [3.05, 3.63) is 90.0 Å². The van der Waals surface area contributed by atoms with E-state index in [-0.39, 0.29) is 0 Å². The largest absolute Gasteiger partial charge is 0.366 e. The monoisotopic (exact) mass is 422 g/mol. The lowest BCUT2D eigenvalue weighted by molar-refractivity contribution is 0.556. The van der Waals surface area contributed by atoms with E-state index in [1.165, 1.54) is 34.7 Å². The summed E-state index contributed by atoms with van der Waals surface area (Å²) in [6.07, 6.45) is 6.24. The number of anilines is 4. The second kappa shape index (κ2) is 6.86. The van der Waals surface area contributed by atoms with Crippen LogP contribution in [0.5, 0.6) is 0 Å². The molecule has 3 aromatic rings. The molecule has 0 radical (unpaired) electrons. The summed E-state index contributed by atoms with van der Waals surface area (Å²) in [5.41, 5.74) is 8.83. The number of rotatable bonds is 2. The number of para-hydroxylation sites is 4. The topological polar surface area (TPSA) is 15.3 Å². The number of nitrogens with one attached hydrogen (secondary N) is 1. The number of hydrogen-bond donors (Lipinski definition) is 1. The van der Waals surface area contributed by atoms with Crippen LogP contribution in [-0.2, 0) is 0 Å². The van der Waals surface area contributed by atoms with Gasteiger partial charge in [-0.25, -0.2) is 0 Å². The van der Waals surface area contributed by atoms with Crippen molar-refractivity contribution < 1.29 is 0 Å². The fourth-order valence-electron chi connectivity index (χ4n) is 6.90. The summed E-state index contributed by atoms with van der Waals surface area (Å²) in [6, 6.07) is 26.7. The molecule has 1 heterocycles. The second-order valence-electron chi connectivity index (χ2n) is 10.1. The smallest absolute Gasteiger partial charge is 0.160 e. The summed E-state index contributed by atoms with van der Waals surface area (Å²) in [5, 5.41) is 3.68. The molecular formula is C28H30N2Si. The van der Waals surface area contributed by atoms with Gasteiger partial charge in [0.2, 0.25) is 0 Å². The Kier molecular flexibility index (Phi) is 4.19. The third kappa shape index (κ3) is 2.76. The number of benzene rings is 3. The molecule has 2 aliphatic carbocycles. The minimum atomic E-state index is -1.92. The third-order valence-corrected chi connectivity index (χ3v) is 12.2. The van der Waals surface area contributed by atoms with Crippen molar-refractivity contribution in [1.29, 1.82) is 0 Å². The van der Waals surface area contributed by atoms with Gasteiger partial charge >= 0.3 is 0 Å². The van der Waals surface area contributed by atoms with Crippen LogP contribution >= 0.6 is 0 Å². The van der Waals surface area contributed by atoms with E-state index in [9.17, 15) is 0 Å². The average molecular weight is 423 g/mol. The van der Waals surface area contributed by atoms with Crippen LogP contribution in [0, 0.1) is 11.8 Å². The zero-order valence-electron chi connectivity index (χ0n) is 18.5. The number of allylic oxidation sites excluding steroid dienone is 1. The number of hydrogen-bond acceptors (Lipinski definition) is 2. The molecule has 2 nitrogen and oxygen atoms in total. The van der Waals surface area contributed by atoms with E-state index in [1.54, 1.807) is 5.56 Å². The highest BCUT2D eigenvalue weighted by atomic mass is 28.3. The highest BCUT2D eigenvalue weighted by Gasteiger charge is 2.53. The van der Waals surface area contributed by atoms with Crippen LogP contribution in [0.3, 0.4) is 0 Å². The zero-order valence-corrected chi connectivity index (χ0v) is 19.5. The molecule has 1 unspecified atom stereocenters. The van der Waals surface area contributed by atoms with Gasteiger partial charge in [0.25, 0.3) is 0 Å². The minimum absolute atomic E-state index is 0.626. The highest BCUT2D eigenvalue weighted by Crippen LogP contribution is 2.60. The summed E-state index contributed by atoms with van der Waals surface area (Å²) >= 11 is 0. The van der Waals surface area contributed by atoms with Crippen molar-refractivity contribution in [3.63, 3.8) is 0 Å². The van der Waals surface area contributed by atoms with Crippen molar-refractivity contribution in [3.8, 4) is 0 Å². The molecule has 31 heavy (non-hydrogen) atoms. The Hall–Kier alpha value is -2.78. The van der Waals surface area contributed by atoms with Gasteiger partial charge in [-0.2, -0.15) is 0 Å². The summed E-state index contributed by atoms with van der Waals surface area (Å²) in [7, 11) is -1.92. The molecule has 156 valence electrons. The molecule has 1 saturated carbocycles. The summed E-state index contributed by atoms with van der Waals surface area (Å²) in [5.74, 6) is 1.99. The van der Waals surface area contributed by atoms with Crippen LogP contribution in [0.4, 0.5) is 22.7 Å². The molecule has 4 atom stereocenters. The Morgan fingerprint density at radius 3 is 2.16 bits per heavy atom. The summed E-state index contributed by atoms with van der Waals surface area (Å²) < 4.78 is 2.76. The van der Waals surface area contributed by atoms with Gasteiger partial charge in [-0.05, 0) is 65.1 Å². The van der Waals surface area contributed by atoms with E-state index in [2.05, 4.69) is 115 Å². The predicted octanol–water partition coefficient (Wildman–Crippen LogP) is 7.92. The maximum atomic E-state index is 3.68. The molecule has 6 rings (SSSR count). The minimum Gasteiger partial charge on any atom is -0.366 e. The van der Waals surface area contributed by atoms with Gasteiger partial charge in [0, 0.05) is 0 Å². The van der Waals surface area contributed by atoms with E-state index in [0.717, 1.165) is 0 Å². The van der Waals surface area contributed by atoms with Crippen molar-refractivity contribution >= 4 is 37.1 Å². The van der Waals surface area contributed by atoms with Gasteiger partial charge in [-0.15, -0.1) is 0 Å². The van der Waals surface area contributed by atoms with E-state index >= 15 is 0 Å². The SMILES string of the molecule is C[C@@H]1C[C@@H]2c3ccccc3C=C[C@@H]2C1[Si](C)(C)N1c2ccccc2Nc2ccccc21. The lowest BCUT2D eigenvalue weighted by Crippen LogP contribution is -2.53.